The van der Waals surface area contributed by atoms with E-state index in [1.807, 2.05) is 31.2 Å². The summed E-state index contributed by atoms with van der Waals surface area (Å²) in [6.45, 7) is 1.90. The van der Waals surface area contributed by atoms with Gasteiger partial charge in [-0.1, -0.05) is 18.2 Å². The number of hydrogen-bond acceptors (Lipinski definition) is 4. The lowest BCUT2D eigenvalue weighted by Gasteiger charge is -2.11. The lowest BCUT2D eigenvalue weighted by Crippen LogP contribution is -1.98. The number of para-hydroxylation sites is 1. The lowest BCUT2D eigenvalue weighted by atomic mass is 10.1. The Kier molecular flexibility index (Phi) is 4.26. The Morgan fingerprint density at radius 1 is 1.37 bits per heavy atom. The van der Waals surface area contributed by atoms with E-state index in [1.165, 1.54) is 6.20 Å². The topological polar surface area (TPSA) is 59.4 Å². The highest BCUT2D eigenvalue weighted by Gasteiger charge is 2.07. The predicted molar refractivity (Wildman–Crippen MR) is 71.7 cm³/mol. The van der Waals surface area contributed by atoms with Gasteiger partial charge in [0.05, 0.1) is 0 Å². The summed E-state index contributed by atoms with van der Waals surface area (Å²) in [5, 5.41) is 9.02. The second kappa shape index (κ2) is 6.11. The third kappa shape index (κ3) is 3.17. The molecule has 0 saturated heterocycles. The van der Waals surface area contributed by atoms with Crippen molar-refractivity contribution in [2.75, 3.05) is 6.61 Å². The molecular weight excluding hydrogens is 242 g/mol. The van der Waals surface area contributed by atoms with E-state index in [9.17, 15) is 4.79 Å². The Morgan fingerprint density at radius 3 is 2.84 bits per heavy atom. The highest BCUT2D eigenvalue weighted by Crippen LogP contribution is 2.26. The molecule has 98 valence electrons. The molecule has 0 bridgehead atoms. The quantitative estimate of drug-likeness (QED) is 0.836. The molecular formula is C15H15NO3. The molecule has 0 aliphatic carbocycles. The van der Waals surface area contributed by atoms with Crippen molar-refractivity contribution in [2.45, 2.75) is 13.3 Å². The number of rotatable bonds is 5. The third-order valence-corrected chi connectivity index (χ3v) is 2.75. The average molecular weight is 257 g/mol. The van der Waals surface area contributed by atoms with E-state index in [0.29, 0.717) is 23.6 Å². The second-order valence-electron chi connectivity index (χ2n) is 4.19. The fourth-order valence-electron chi connectivity index (χ4n) is 1.79. The van der Waals surface area contributed by atoms with E-state index in [1.54, 1.807) is 6.07 Å². The van der Waals surface area contributed by atoms with Crippen molar-refractivity contribution in [1.82, 2.24) is 4.98 Å². The molecule has 0 radical (unpaired) electrons. The molecule has 2 rings (SSSR count). The summed E-state index contributed by atoms with van der Waals surface area (Å²) in [6, 6.07) is 9.23. The minimum Gasteiger partial charge on any atom is -0.438 e. The maximum absolute atomic E-state index is 10.7. The van der Waals surface area contributed by atoms with E-state index < -0.39 is 0 Å². The molecule has 0 saturated carbocycles. The van der Waals surface area contributed by atoms with Gasteiger partial charge < -0.3 is 9.84 Å². The van der Waals surface area contributed by atoms with Gasteiger partial charge in [-0.15, -0.1) is 0 Å². The summed E-state index contributed by atoms with van der Waals surface area (Å²) in [7, 11) is 0. The molecule has 19 heavy (non-hydrogen) atoms. The van der Waals surface area contributed by atoms with Crippen molar-refractivity contribution in [1.29, 1.82) is 0 Å². The van der Waals surface area contributed by atoms with Gasteiger partial charge in [-0.05, 0) is 31.0 Å². The van der Waals surface area contributed by atoms with Gasteiger partial charge in [0.25, 0.3) is 0 Å². The summed E-state index contributed by atoms with van der Waals surface area (Å²) in [5.41, 5.74) is 2.24. The van der Waals surface area contributed by atoms with Crippen molar-refractivity contribution < 1.29 is 14.6 Å². The summed E-state index contributed by atoms with van der Waals surface area (Å²) < 4.78 is 5.75. The first kappa shape index (κ1) is 13.2. The van der Waals surface area contributed by atoms with Crippen LogP contribution in [-0.2, 0) is 6.42 Å². The van der Waals surface area contributed by atoms with Crippen LogP contribution in [0.2, 0.25) is 0 Å². The molecule has 4 heteroatoms. The van der Waals surface area contributed by atoms with Gasteiger partial charge in [-0.25, -0.2) is 4.98 Å². The van der Waals surface area contributed by atoms with Crippen molar-refractivity contribution in [3.8, 4) is 11.6 Å². The number of aliphatic hydroxyl groups is 1. The molecule has 4 nitrogen and oxygen atoms in total. The molecule has 1 aromatic carbocycles. The number of aromatic nitrogens is 1. The Hall–Kier alpha value is -2.20. The standard InChI is InChI=1S/C15H15NO3/c1-11-8-12(10-18)9-16-15(11)19-14-5-3-2-4-13(14)6-7-17/h2-5,8-10,17H,6-7H2,1H3. The van der Waals surface area contributed by atoms with Crippen LogP contribution < -0.4 is 4.74 Å². The monoisotopic (exact) mass is 257 g/mol. The number of hydrogen-bond donors (Lipinski definition) is 1. The van der Waals surface area contributed by atoms with E-state index in [0.717, 1.165) is 17.4 Å². The minimum absolute atomic E-state index is 0.0663. The molecule has 1 heterocycles. The van der Waals surface area contributed by atoms with Crippen LogP contribution in [0, 0.1) is 6.92 Å². The predicted octanol–water partition coefficient (Wildman–Crippen LogP) is 2.53. The zero-order chi connectivity index (χ0) is 13.7. The van der Waals surface area contributed by atoms with Gasteiger partial charge in [0, 0.05) is 23.9 Å². The van der Waals surface area contributed by atoms with Crippen LogP contribution in [0.4, 0.5) is 0 Å². The first-order valence-electron chi connectivity index (χ1n) is 6.03. The molecule has 2 aromatic rings. The normalized spacial score (nSPS) is 10.2. The summed E-state index contributed by atoms with van der Waals surface area (Å²) >= 11 is 0. The smallest absolute Gasteiger partial charge is 0.222 e. The molecule has 0 aliphatic heterocycles. The number of carbonyl (C=O) groups excluding carboxylic acids is 1. The van der Waals surface area contributed by atoms with E-state index in [4.69, 9.17) is 9.84 Å². The SMILES string of the molecule is Cc1cc(C=O)cnc1Oc1ccccc1CCO. The number of pyridine rings is 1. The number of aryl methyl sites for hydroxylation is 1. The molecule has 0 fully saturated rings. The fraction of sp³-hybridized carbons (Fsp3) is 0.200. The van der Waals surface area contributed by atoms with E-state index in [2.05, 4.69) is 4.98 Å². The van der Waals surface area contributed by atoms with Gasteiger partial charge in [0.15, 0.2) is 6.29 Å². The zero-order valence-electron chi connectivity index (χ0n) is 10.7. The highest BCUT2D eigenvalue weighted by atomic mass is 16.5. The number of benzene rings is 1. The number of aldehydes is 1. The first-order chi connectivity index (χ1) is 9.24. The van der Waals surface area contributed by atoms with Crippen LogP contribution in [0.15, 0.2) is 36.5 Å². The van der Waals surface area contributed by atoms with Crippen molar-refractivity contribution in [3.63, 3.8) is 0 Å². The Bertz CT molecular complexity index is 581. The number of aliphatic hydroxyl groups excluding tert-OH is 1. The number of ether oxygens (including phenoxy) is 1. The Labute approximate surface area is 111 Å². The molecule has 0 aliphatic rings. The zero-order valence-corrected chi connectivity index (χ0v) is 10.7. The second-order valence-corrected chi connectivity index (χ2v) is 4.19. The number of nitrogens with zero attached hydrogens (tertiary/aromatic N) is 1. The summed E-state index contributed by atoms with van der Waals surface area (Å²) in [5.74, 6) is 1.14. The van der Waals surface area contributed by atoms with Crippen LogP contribution in [0.25, 0.3) is 0 Å². The maximum Gasteiger partial charge on any atom is 0.222 e. The van der Waals surface area contributed by atoms with Gasteiger partial charge >= 0.3 is 0 Å². The molecule has 0 spiro atoms. The summed E-state index contributed by atoms with van der Waals surface area (Å²) in [4.78, 5) is 14.8. The van der Waals surface area contributed by atoms with Crippen LogP contribution in [0.3, 0.4) is 0 Å². The fourth-order valence-corrected chi connectivity index (χ4v) is 1.79. The first-order valence-corrected chi connectivity index (χ1v) is 6.03. The largest absolute Gasteiger partial charge is 0.438 e. The summed E-state index contributed by atoms with van der Waals surface area (Å²) in [6.07, 6.45) is 2.76. The van der Waals surface area contributed by atoms with Crippen molar-refractivity contribution in [3.05, 3.63) is 53.2 Å². The van der Waals surface area contributed by atoms with Crippen molar-refractivity contribution in [2.24, 2.45) is 0 Å². The third-order valence-electron chi connectivity index (χ3n) is 2.75. The Balaban J connectivity index is 2.28. The van der Waals surface area contributed by atoms with Gasteiger partial charge in [0.1, 0.15) is 5.75 Å². The maximum atomic E-state index is 10.7. The van der Waals surface area contributed by atoms with Crippen LogP contribution in [0.5, 0.6) is 11.6 Å². The molecule has 0 atom stereocenters. The van der Waals surface area contributed by atoms with E-state index in [-0.39, 0.29) is 6.61 Å². The molecule has 0 unspecified atom stereocenters. The minimum atomic E-state index is 0.0663. The van der Waals surface area contributed by atoms with E-state index >= 15 is 0 Å². The van der Waals surface area contributed by atoms with Crippen LogP contribution >= 0.6 is 0 Å². The molecule has 0 amide bonds. The van der Waals surface area contributed by atoms with Crippen molar-refractivity contribution >= 4 is 6.29 Å². The average Bonchev–Trinajstić information content (AvgIpc) is 2.43. The van der Waals surface area contributed by atoms with Crippen LogP contribution in [0.1, 0.15) is 21.5 Å². The Morgan fingerprint density at radius 2 is 2.16 bits per heavy atom. The molecule has 1 N–H and O–H groups in total. The molecule has 1 aromatic heterocycles. The van der Waals surface area contributed by atoms with Gasteiger partial charge in [-0.2, -0.15) is 0 Å². The van der Waals surface area contributed by atoms with Gasteiger partial charge in [0.2, 0.25) is 5.88 Å². The number of carbonyl (C=O) groups is 1. The van der Waals surface area contributed by atoms with Crippen LogP contribution in [-0.4, -0.2) is 23.0 Å². The van der Waals surface area contributed by atoms with Gasteiger partial charge in [-0.3, -0.25) is 4.79 Å². The highest BCUT2D eigenvalue weighted by molar-refractivity contribution is 5.74. The lowest BCUT2D eigenvalue weighted by molar-refractivity contribution is 0.112.